The van der Waals surface area contributed by atoms with Crippen LogP contribution < -0.4 is 30.2 Å². The highest BCUT2D eigenvalue weighted by molar-refractivity contribution is 5.75. The van der Waals surface area contributed by atoms with Crippen LogP contribution in [0.2, 0.25) is 0 Å². The highest BCUT2D eigenvalue weighted by Crippen LogP contribution is 2.38. The topological polar surface area (TPSA) is 241 Å². The number of alkyl halides is 1. The maximum absolute atomic E-state index is 15.3. The van der Waals surface area contributed by atoms with E-state index in [-0.39, 0.29) is 37.9 Å². The van der Waals surface area contributed by atoms with Crippen LogP contribution in [0.25, 0.3) is 45.3 Å². The summed E-state index contributed by atoms with van der Waals surface area (Å²) in [7, 11) is 3.56. The van der Waals surface area contributed by atoms with Gasteiger partial charge in [0.05, 0.1) is 46.6 Å². The lowest BCUT2D eigenvalue weighted by Crippen LogP contribution is -2.48. The zero-order valence-corrected chi connectivity index (χ0v) is 48.8. The third-order valence-corrected chi connectivity index (χ3v) is 15.2. The van der Waals surface area contributed by atoms with Gasteiger partial charge in [0.1, 0.15) is 67.0 Å². The minimum absolute atomic E-state index is 0.154. The van der Waals surface area contributed by atoms with Crippen LogP contribution in [0.5, 0.6) is 17.4 Å². The summed E-state index contributed by atoms with van der Waals surface area (Å²) < 4.78 is 49.7. The number of likely N-dealkylation sites (tertiary alicyclic amines) is 2. The number of rotatable bonds is 22. The number of halogens is 1. The molecule has 4 atom stereocenters. The number of carbonyl (C=O) groups is 1. The molecule has 442 valence electrons. The number of benzene rings is 3. The SMILES string of the molecule is CNCC(O)COc1cccc(-c2nc(NC3CCN(C4CC4)CC3F)c(C)c(-c3c(C)noc3C)n2)c1.CNCC(O)COc1cccc(-c2nc(OCC3CCN(C(=O)OCc4ccccc4)CC3)c(C)c(-c3c(C)noc3C)n2)c1. The molecule has 0 spiro atoms. The molecule has 5 N–H and O–H groups in total. The quantitative estimate of drug-likeness (QED) is 0.0426. The van der Waals surface area contributed by atoms with Crippen molar-refractivity contribution in [3.8, 4) is 62.7 Å². The fraction of sp³-hybridized carbons (Fsp3) is 0.468. The molecule has 7 aromatic rings. The first-order chi connectivity index (χ1) is 40.2. The third-order valence-electron chi connectivity index (χ3n) is 15.2. The Labute approximate surface area is 484 Å². The number of ether oxygens (including phenoxy) is 4. The summed E-state index contributed by atoms with van der Waals surface area (Å²) in [5.74, 6) is 4.83. The molecule has 1 amide bonds. The lowest BCUT2D eigenvalue weighted by atomic mass is 9.98. The molecule has 2 aliphatic heterocycles. The Hall–Kier alpha value is -7.56. The molecule has 3 aliphatic rings. The standard InChI is InChI=1S/C34H41N5O6.C28H37FN6O3/c1-22-31(30-23(2)38-45-24(30)3)36-32(27-11-8-12-29(17-27)42-21-28(40)18-35-4)37-33(22)43-19-26-13-15-39(16-14-26)34(41)44-20-25-9-6-5-7-10-25;1-16-26(25-17(2)34-38-18(25)3)32-28(19-6-5-7-22(12-19)37-15-21(36)13-30-4)33-27(16)31-24-10-11-35(14-23(24)29)20-8-9-20/h5-12,17,26,28,35,40H,13-16,18-21H2,1-4H3;5-7,12,20-21,23-24,30,36H,8-11,13-15H2,1-4H3,(H,31,32,33). The summed E-state index contributed by atoms with van der Waals surface area (Å²) in [6.07, 6.45) is 2.14. The van der Waals surface area contributed by atoms with Crippen molar-refractivity contribution in [2.24, 2.45) is 5.92 Å². The molecular weight excluding hydrogens is 1060 g/mol. The van der Waals surface area contributed by atoms with Gasteiger partial charge in [0.25, 0.3) is 0 Å². The molecule has 83 heavy (non-hydrogen) atoms. The van der Waals surface area contributed by atoms with Crippen LogP contribution in [0.1, 0.15) is 71.7 Å². The first-order valence-corrected chi connectivity index (χ1v) is 28.6. The van der Waals surface area contributed by atoms with Gasteiger partial charge in [-0.05, 0) is 123 Å². The first-order valence-electron chi connectivity index (χ1n) is 28.6. The zero-order chi connectivity index (χ0) is 58.6. The van der Waals surface area contributed by atoms with Gasteiger partial charge in [0.15, 0.2) is 11.6 Å². The second-order valence-corrected chi connectivity index (χ2v) is 21.8. The Morgan fingerprint density at radius 3 is 1.78 bits per heavy atom. The summed E-state index contributed by atoms with van der Waals surface area (Å²) in [6, 6.07) is 24.8. The van der Waals surface area contributed by atoms with Gasteiger partial charge in [-0.25, -0.2) is 24.1 Å². The van der Waals surface area contributed by atoms with Gasteiger partial charge in [0, 0.05) is 67.6 Å². The van der Waals surface area contributed by atoms with Gasteiger partial charge >= 0.3 is 6.09 Å². The molecule has 21 heteroatoms. The van der Waals surface area contributed by atoms with Crippen LogP contribution in [0.15, 0.2) is 87.9 Å². The van der Waals surface area contributed by atoms with E-state index in [1.165, 1.54) is 12.8 Å². The number of amides is 1. The van der Waals surface area contributed by atoms with Gasteiger partial charge in [-0.15, -0.1) is 0 Å². The Bertz CT molecular complexity index is 3220. The third kappa shape index (κ3) is 15.6. The lowest BCUT2D eigenvalue weighted by Gasteiger charge is -2.35. The second kappa shape index (κ2) is 28.1. The smallest absolute Gasteiger partial charge is 0.410 e. The van der Waals surface area contributed by atoms with E-state index in [2.05, 4.69) is 31.2 Å². The molecule has 6 heterocycles. The molecule has 4 unspecified atom stereocenters. The molecule has 3 aromatic carbocycles. The van der Waals surface area contributed by atoms with Gasteiger partial charge in [0.2, 0.25) is 5.88 Å². The number of nitrogens with zero attached hydrogens (tertiary/aromatic N) is 8. The molecule has 20 nitrogen and oxygen atoms in total. The number of aryl methyl sites for hydroxylation is 4. The van der Waals surface area contributed by atoms with E-state index in [0.717, 1.165) is 76.1 Å². The predicted molar refractivity (Wildman–Crippen MR) is 313 cm³/mol. The Kier molecular flexibility index (Phi) is 20.4. The molecule has 0 bridgehead atoms. The number of nitrogens with one attached hydrogen (secondary N) is 3. The van der Waals surface area contributed by atoms with E-state index in [1.807, 2.05) is 120 Å². The highest BCUT2D eigenvalue weighted by Gasteiger charge is 2.37. The van der Waals surface area contributed by atoms with Crippen LogP contribution in [0.4, 0.5) is 15.0 Å². The zero-order valence-electron chi connectivity index (χ0n) is 48.8. The number of carbonyl (C=O) groups excluding carboxylic acids is 1. The number of aliphatic hydroxyl groups excluding tert-OH is 2. The van der Waals surface area contributed by atoms with Gasteiger partial charge in [-0.3, -0.25) is 4.90 Å². The Morgan fingerprint density at radius 2 is 1.25 bits per heavy atom. The lowest BCUT2D eigenvalue weighted by molar-refractivity contribution is 0.0757. The van der Waals surface area contributed by atoms with Crippen LogP contribution >= 0.6 is 0 Å². The highest BCUT2D eigenvalue weighted by atomic mass is 19.1. The summed E-state index contributed by atoms with van der Waals surface area (Å²) in [4.78, 5) is 36.2. The number of aliphatic hydroxyl groups is 2. The van der Waals surface area contributed by atoms with Crippen molar-refractivity contribution in [2.45, 2.75) is 111 Å². The Balaban J connectivity index is 0.000000202. The fourth-order valence-corrected chi connectivity index (χ4v) is 10.4. The first kappa shape index (κ1) is 60.0. The summed E-state index contributed by atoms with van der Waals surface area (Å²) in [6.45, 7) is 15.8. The van der Waals surface area contributed by atoms with Crippen LogP contribution in [-0.2, 0) is 11.3 Å². The maximum atomic E-state index is 15.3. The maximum Gasteiger partial charge on any atom is 0.410 e. The monoisotopic (exact) mass is 1140 g/mol. The van der Waals surface area contributed by atoms with Crippen molar-refractivity contribution in [1.82, 2.24) is 50.7 Å². The van der Waals surface area contributed by atoms with Crippen molar-refractivity contribution < 1.29 is 47.4 Å². The number of likely N-dealkylation sites (N-methyl/N-ethyl adjacent to an activating group) is 2. The van der Waals surface area contributed by atoms with E-state index < -0.39 is 18.4 Å². The van der Waals surface area contributed by atoms with E-state index >= 15 is 4.39 Å². The second-order valence-electron chi connectivity index (χ2n) is 21.8. The number of hydrogen-bond donors (Lipinski definition) is 5. The van der Waals surface area contributed by atoms with Gasteiger partial charge < -0.3 is 59.1 Å². The molecule has 4 aromatic heterocycles. The number of anilines is 1. The minimum Gasteiger partial charge on any atom is -0.491 e. The minimum atomic E-state index is -0.981. The number of aromatic nitrogens is 6. The van der Waals surface area contributed by atoms with Crippen LogP contribution in [0, 0.1) is 47.5 Å². The average Bonchev–Trinajstić information content (AvgIpc) is 4.45. The van der Waals surface area contributed by atoms with Crippen LogP contribution in [0.3, 0.4) is 0 Å². The molecule has 0 radical (unpaired) electrons. The van der Waals surface area contributed by atoms with Crippen molar-refractivity contribution in [3.63, 3.8) is 0 Å². The molecule has 1 saturated carbocycles. The normalized spacial score (nSPS) is 17.3. The average molecular weight is 1140 g/mol. The van der Waals surface area contributed by atoms with E-state index in [0.29, 0.717) is 103 Å². The van der Waals surface area contributed by atoms with Crippen molar-refractivity contribution in [3.05, 3.63) is 118 Å². The van der Waals surface area contributed by atoms with Crippen molar-refractivity contribution in [1.29, 1.82) is 0 Å². The fourth-order valence-electron chi connectivity index (χ4n) is 10.4. The molecule has 10 rings (SSSR count). The van der Waals surface area contributed by atoms with Gasteiger partial charge in [-0.1, -0.05) is 64.9 Å². The van der Waals surface area contributed by atoms with Gasteiger partial charge in [-0.2, -0.15) is 4.98 Å². The molecular formula is C62H78FN11O9. The number of hydrogen-bond acceptors (Lipinski definition) is 19. The van der Waals surface area contributed by atoms with Crippen molar-refractivity contribution >= 4 is 11.9 Å². The largest absolute Gasteiger partial charge is 0.491 e. The summed E-state index contributed by atoms with van der Waals surface area (Å²) in [5, 5.41) is 37.6. The predicted octanol–water partition coefficient (Wildman–Crippen LogP) is 8.78. The summed E-state index contributed by atoms with van der Waals surface area (Å²) in [5.41, 5.74) is 8.56. The van der Waals surface area contributed by atoms with Crippen LogP contribution in [-0.4, -0.2) is 160 Å². The molecule has 1 aliphatic carbocycles. The van der Waals surface area contributed by atoms with Crippen molar-refractivity contribution in [2.75, 3.05) is 78.5 Å². The van der Waals surface area contributed by atoms with E-state index in [4.69, 9.17) is 47.9 Å². The van der Waals surface area contributed by atoms with E-state index in [1.54, 1.807) is 19.0 Å². The van der Waals surface area contributed by atoms with E-state index in [9.17, 15) is 15.0 Å². The molecule has 3 fully saturated rings. The Morgan fingerprint density at radius 1 is 0.687 bits per heavy atom. The number of piperidine rings is 2. The molecule has 2 saturated heterocycles. The summed E-state index contributed by atoms with van der Waals surface area (Å²) >= 11 is 0.